The number of halogens is 1. The van der Waals surface area contributed by atoms with E-state index in [4.69, 9.17) is 14.2 Å². The molecular formula is C25H23BrN4O6. The third-order valence-electron chi connectivity index (χ3n) is 4.79. The minimum Gasteiger partial charge on any atom is -0.493 e. The summed E-state index contributed by atoms with van der Waals surface area (Å²) in [5.74, 6) is -1.26. The first-order valence-electron chi connectivity index (χ1n) is 10.5. The van der Waals surface area contributed by atoms with Gasteiger partial charge in [0.25, 0.3) is 5.91 Å². The molecule has 3 aromatic rings. The highest BCUT2D eigenvalue weighted by atomic mass is 79.9. The highest BCUT2D eigenvalue weighted by Crippen LogP contribution is 2.37. The second-order valence-electron chi connectivity index (χ2n) is 7.12. The van der Waals surface area contributed by atoms with Gasteiger partial charge in [-0.05, 0) is 48.5 Å². The quantitative estimate of drug-likeness (QED) is 0.220. The summed E-state index contributed by atoms with van der Waals surface area (Å²) in [5.41, 5.74) is 3.60. The molecule has 3 N–H and O–H groups in total. The second-order valence-corrected chi connectivity index (χ2v) is 8.03. The van der Waals surface area contributed by atoms with Crippen LogP contribution in [0.3, 0.4) is 0 Å². The first-order chi connectivity index (χ1) is 17.4. The van der Waals surface area contributed by atoms with Gasteiger partial charge in [-0.15, -0.1) is 0 Å². The topological polar surface area (TPSA) is 127 Å². The molecule has 0 fully saturated rings. The van der Waals surface area contributed by atoms with Crippen LogP contribution < -0.4 is 30.3 Å². The van der Waals surface area contributed by atoms with Crippen molar-refractivity contribution >= 4 is 51.2 Å². The van der Waals surface area contributed by atoms with E-state index in [1.54, 1.807) is 48.5 Å². The van der Waals surface area contributed by atoms with Gasteiger partial charge in [0.1, 0.15) is 0 Å². The molecule has 0 atom stereocenters. The molecule has 3 amide bonds. The van der Waals surface area contributed by atoms with Crippen LogP contribution in [0, 0.1) is 0 Å². The molecule has 0 unspecified atom stereocenters. The van der Waals surface area contributed by atoms with Gasteiger partial charge < -0.3 is 24.8 Å². The molecule has 0 radical (unpaired) electrons. The minimum atomic E-state index is -1.03. The average Bonchev–Trinajstić information content (AvgIpc) is 2.89. The predicted octanol–water partition coefficient (Wildman–Crippen LogP) is 3.82. The maximum absolute atomic E-state index is 12.7. The van der Waals surface area contributed by atoms with Crippen LogP contribution in [0.2, 0.25) is 0 Å². The molecule has 0 saturated heterocycles. The fraction of sp³-hybridized carbons (Fsp3) is 0.120. The van der Waals surface area contributed by atoms with Crippen molar-refractivity contribution in [1.82, 2.24) is 5.43 Å². The van der Waals surface area contributed by atoms with E-state index in [1.165, 1.54) is 39.7 Å². The van der Waals surface area contributed by atoms with Crippen molar-refractivity contribution < 1.29 is 28.6 Å². The summed E-state index contributed by atoms with van der Waals surface area (Å²) in [6.07, 6.45) is 1.31. The Labute approximate surface area is 215 Å². The van der Waals surface area contributed by atoms with Gasteiger partial charge in [-0.3, -0.25) is 14.4 Å². The number of nitrogens with zero attached hydrogens (tertiary/aromatic N) is 1. The van der Waals surface area contributed by atoms with Crippen molar-refractivity contribution in [2.24, 2.45) is 5.10 Å². The fourth-order valence-corrected chi connectivity index (χ4v) is 3.36. The largest absolute Gasteiger partial charge is 0.493 e. The van der Waals surface area contributed by atoms with E-state index in [0.717, 1.165) is 4.47 Å². The van der Waals surface area contributed by atoms with E-state index >= 15 is 0 Å². The number of hydrazone groups is 1. The van der Waals surface area contributed by atoms with Crippen LogP contribution in [0.25, 0.3) is 0 Å². The van der Waals surface area contributed by atoms with Crippen molar-refractivity contribution in [2.75, 3.05) is 32.0 Å². The van der Waals surface area contributed by atoms with Crippen molar-refractivity contribution in [3.8, 4) is 17.2 Å². The first-order valence-corrected chi connectivity index (χ1v) is 11.3. The van der Waals surface area contributed by atoms with Gasteiger partial charge in [0.05, 0.1) is 38.8 Å². The number of methoxy groups -OCH3 is 3. The molecule has 11 heteroatoms. The Hall–Kier alpha value is -4.38. The normalized spacial score (nSPS) is 10.4. The Bertz CT molecular complexity index is 1270. The molecule has 0 aliphatic rings. The molecule has 0 saturated carbocycles. The van der Waals surface area contributed by atoms with Crippen LogP contribution in [0.4, 0.5) is 11.4 Å². The molecule has 186 valence electrons. The average molecular weight is 555 g/mol. The molecule has 0 spiro atoms. The molecule has 0 aliphatic heterocycles. The molecule has 0 heterocycles. The van der Waals surface area contributed by atoms with Crippen LogP contribution in [0.15, 0.2) is 70.2 Å². The van der Waals surface area contributed by atoms with Crippen LogP contribution in [0.5, 0.6) is 17.2 Å². The summed E-state index contributed by atoms with van der Waals surface area (Å²) >= 11 is 3.33. The van der Waals surface area contributed by atoms with Crippen LogP contribution in [0.1, 0.15) is 15.9 Å². The Balaban J connectivity index is 1.66. The SMILES string of the molecule is COc1cc(/C=N/NC(=O)C(=O)Nc2ccccc2C(=O)Nc2ccc(Br)cc2)cc(OC)c1OC. The summed E-state index contributed by atoms with van der Waals surface area (Å²) in [6, 6.07) is 16.6. The second kappa shape index (κ2) is 12.4. The summed E-state index contributed by atoms with van der Waals surface area (Å²) in [7, 11) is 4.43. The van der Waals surface area contributed by atoms with E-state index in [0.29, 0.717) is 28.5 Å². The summed E-state index contributed by atoms with van der Waals surface area (Å²) in [6.45, 7) is 0. The lowest BCUT2D eigenvalue weighted by molar-refractivity contribution is -0.136. The lowest BCUT2D eigenvalue weighted by atomic mass is 10.1. The fourth-order valence-electron chi connectivity index (χ4n) is 3.09. The first kappa shape index (κ1) is 26.2. The zero-order valence-electron chi connectivity index (χ0n) is 19.6. The molecule has 3 aromatic carbocycles. The van der Waals surface area contributed by atoms with Gasteiger partial charge >= 0.3 is 11.8 Å². The van der Waals surface area contributed by atoms with Gasteiger partial charge in [0.15, 0.2) is 11.5 Å². The van der Waals surface area contributed by atoms with Gasteiger partial charge in [-0.2, -0.15) is 5.10 Å². The predicted molar refractivity (Wildman–Crippen MR) is 139 cm³/mol. The number of ether oxygens (including phenoxy) is 3. The van der Waals surface area contributed by atoms with E-state index in [1.807, 2.05) is 0 Å². The number of nitrogens with one attached hydrogen (secondary N) is 3. The van der Waals surface area contributed by atoms with Crippen LogP contribution in [-0.2, 0) is 9.59 Å². The highest BCUT2D eigenvalue weighted by Gasteiger charge is 2.18. The molecular weight excluding hydrogens is 532 g/mol. The van der Waals surface area contributed by atoms with Crippen molar-refractivity contribution in [3.63, 3.8) is 0 Å². The van der Waals surface area contributed by atoms with Crippen LogP contribution >= 0.6 is 15.9 Å². The Morgan fingerprint density at radius 3 is 2.08 bits per heavy atom. The van der Waals surface area contributed by atoms with E-state index in [2.05, 4.69) is 37.1 Å². The number of para-hydroxylation sites is 1. The molecule has 0 aromatic heterocycles. The van der Waals surface area contributed by atoms with Crippen molar-refractivity contribution in [3.05, 3.63) is 76.3 Å². The maximum Gasteiger partial charge on any atom is 0.329 e. The third-order valence-corrected chi connectivity index (χ3v) is 5.32. The number of amides is 3. The zero-order valence-corrected chi connectivity index (χ0v) is 21.2. The summed E-state index contributed by atoms with van der Waals surface area (Å²) in [5, 5.41) is 8.99. The molecule has 0 aliphatic carbocycles. The third kappa shape index (κ3) is 6.60. The van der Waals surface area contributed by atoms with Gasteiger partial charge in [-0.1, -0.05) is 28.1 Å². The zero-order chi connectivity index (χ0) is 26.1. The molecule has 10 nitrogen and oxygen atoms in total. The number of hydrogen-bond donors (Lipinski definition) is 3. The van der Waals surface area contributed by atoms with E-state index < -0.39 is 17.7 Å². The lowest BCUT2D eigenvalue weighted by Gasteiger charge is -2.12. The monoisotopic (exact) mass is 554 g/mol. The number of anilines is 2. The highest BCUT2D eigenvalue weighted by molar-refractivity contribution is 9.10. The van der Waals surface area contributed by atoms with Gasteiger partial charge in [-0.25, -0.2) is 5.43 Å². The number of rotatable bonds is 8. The smallest absolute Gasteiger partial charge is 0.329 e. The molecule has 0 bridgehead atoms. The van der Waals surface area contributed by atoms with Crippen molar-refractivity contribution in [2.45, 2.75) is 0 Å². The number of benzene rings is 3. The molecule has 3 rings (SSSR count). The standard InChI is InChI=1S/C25H23BrN4O6/c1-34-20-12-15(13-21(35-2)22(20)36-3)14-27-30-25(33)24(32)29-19-7-5-4-6-18(19)23(31)28-17-10-8-16(26)9-11-17/h4-14H,1-3H3,(H,28,31)(H,29,32)(H,30,33)/b27-14+. The summed E-state index contributed by atoms with van der Waals surface area (Å²) < 4.78 is 16.7. The minimum absolute atomic E-state index is 0.167. The number of carbonyl (C=O) groups excluding carboxylic acids is 3. The van der Waals surface area contributed by atoms with E-state index in [-0.39, 0.29) is 11.3 Å². The lowest BCUT2D eigenvalue weighted by Crippen LogP contribution is -2.33. The maximum atomic E-state index is 12.7. The Kier molecular flexibility index (Phi) is 9.01. The van der Waals surface area contributed by atoms with E-state index in [9.17, 15) is 14.4 Å². The van der Waals surface area contributed by atoms with Gasteiger partial charge in [0.2, 0.25) is 5.75 Å². The Morgan fingerprint density at radius 1 is 0.833 bits per heavy atom. The van der Waals surface area contributed by atoms with Crippen LogP contribution in [-0.4, -0.2) is 45.3 Å². The number of hydrogen-bond acceptors (Lipinski definition) is 7. The van der Waals surface area contributed by atoms with Crippen molar-refractivity contribution in [1.29, 1.82) is 0 Å². The Morgan fingerprint density at radius 2 is 1.47 bits per heavy atom. The summed E-state index contributed by atoms with van der Waals surface area (Å²) in [4.78, 5) is 37.4. The van der Waals surface area contributed by atoms with Gasteiger partial charge in [0, 0.05) is 15.7 Å². The number of carbonyl (C=O) groups is 3. The molecule has 36 heavy (non-hydrogen) atoms.